The fourth-order valence-electron chi connectivity index (χ4n) is 3.33. The Balaban J connectivity index is 1.55. The standard InChI is InChI=1S/C23H24N2O4/c1-16-7-3-4-9-19(16)14-24-22(27)15-29-23(28)13-21-20-10-6-5-8-18(20)11-12-25(21)17(2)26/h3-12,21H,13-15H2,1-2H3,(H,24,27)/t21-/m1/s1. The number of aryl methyl sites for hydroxylation is 1. The Morgan fingerprint density at radius 3 is 2.55 bits per heavy atom. The summed E-state index contributed by atoms with van der Waals surface area (Å²) in [7, 11) is 0. The van der Waals surface area contributed by atoms with Crippen LogP contribution in [-0.4, -0.2) is 29.3 Å². The van der Waals surface area contributed by atoms with Crippen LogP contribution in [0.3, 0.4) is 0 Å². The van der Waals surface area contributed by atoms with Crippen molar-refractivity contribution < 1.29 is 19.1 Å². The van der Waals surface area contributed by atoms with E-state index in [1.165, 1.54) is 11.8 Å². The second kappa shape index (κ2) is 9.19. The van der Waals surface area contributed by atoms with Gasteiger partial charge in [-0.15, -0.1) is 0 Å². The summed E-state index contributed by atoms with van der Waals surface area (Å²) in [6.45, 7) is 3.45. The highest BCUT2D eigenvalue weighted by Gasteiger charge is 2.28. The number of carbonyl (C=O) groups is 3. The lowest BCUT2D eigenvalue weighted by molar-refractivity contribution is -0.150. The zero-order valence-corrected chi connectivity index (χ0v) is 16.6. The normalized spacial score (nSPS) is 14.8. The second-order valence-corrected chi connectivity index (χ2v) is 6.95. The average Bonchev–Trinajstić information content (AvgIpc) is 2.71. The minimum Gasteiger partial charge on any atom is -0.456 e. The van der Waals surface area contributed by atoms with Crippen molar-refractivity contribution in [2.24, 2.45) is 0 Å². The van der Waals surface area contributed by atoms with Gasteiger partial charge in [-0.05, 0) is 35.3 Å². The van der Waals surface area contributed by atoms with Crippen molar-refractivity contribution in [2.75, 3.05) is 6.61 Å². The van der Waals surface area contributed by atoms with E-state index in [-0.39, 0.29) is 24.8 Å². The first-order chi connectivity index (χ1) is 14.0. The highest BCUT2D eigenvalue weighted by molar-refractivity contribution is 5.82. The highest BCUT2D eigenvalue weighted by atomic mass is 16.5. The molecule has 2 aromatic carbocycles. The van der Waals surface area contributed by atoms with Crippen LogP contribution < -0.4 is 5.32 Å². The fraction of sp³-hybridized carbons (Fsp3) is 0.261. The van der Waals surface area contributed by atoms with Crippen molar-refractivity contribution in [3.8, 4) is 0 Å². The lowest BCUT2D eigenvalue weighted by atomic mass is 9.94. The van der Waals surface area contributed by atoms with Crippen LogP contribution in [0.1, 0.15) is 41.6 Å². The maximum atomic E-state index is 12.4. The van der Waals surface area contributed by atoms with E-state index < -0.39 is 12.0 Å². The molecule has 2 aromatic rings. The number of rotatable bonds is 6. The number of esters is 1. The minimum absolute atomic E-state index is 0.0218. The average molecular weight is 392 g/mol. The van der Waals surface area contributed by atoms with Crippen LogP contribution in [0.4, 0.5) is 0 Å². The first-order valence-electron chi connectivity index (χ1n) is 9.48. The van der Waals surface area contributed by atoms with Gasteiger partial charge < -0.3 is 15.0 Å². The van der Waals surface area contributed by atoms with E-state index in [2.05, 4.69) is 5.32 Å². The maximum Gasteiger partial charge on any atom is 0.308 e. The van der Waals surface area contributed by atoms with Crippen LogP contribution in [0.25, 0.3) is 6.08 Å². The summed E-state index contributed by atoms with van der Waals surface area (Å²) in [6.07, 6.45) is 3.50. The molecule has 1 heterocycles. The van der Waals surface area contributed by atoms with Crippen molar-refractivity contribution in [1.82, 2.24) is 10.2 Å². The third-order valence-corrected chi connectivity index (χ3v) is 4.93. The molecule has 3 rings (SSSR count). The molecule has 0 radical (unpaired) electrons. The summed E-state index contributed by atoms with van der Waals surface area (Å²) in [5.41, 5.74) is 3.93. The zero-order valence-electron chi connectivity index (χ0n) is 16.6. The Labute approximate surface area is 170 Å². The van der Waals surface area contributed by atoms with Gasteiger partial charge in [0.2, 0.25) is 5.91 Å². The summed E-state index contributed by atoms with van der Waals surface area (Å²) in [5, 5.41) is 2.75. The van der Waals surface area contributed by atoms with E-state index in [1.54, 1.807) is 6.20 Å². The van der Waals surface area contributed by atoms with Crippen molar-refractivity contribution in [3.05, 3.63) is 77.0 Å². The molecule has 6 heteroatoms. The molecule has 0 aromatic heterocycles. The quantitative estimate of drug-likeness (QED) is 0.767. The van der Waals surface area contributed by atoms with Crippen LogP contribution in [0.2, 0.25) is 0 Å². The van der Waals surface area contributed by atoms with Crippen molar-refractivity contribution in [2.45, 2.75) is 32.9 Å². The highest BCUT2D eigenvalue weighted by Crippen LogP contribution is 2.33. The monoisotopic (exact) mass is 392 g/mol. The molecule has 1 N–H and O–H groups in total. The summed E-state index contributed by atoms with van der Waals surface area (Å²) in [4.78, 5) is 37.9. The minimum atomic E-state index is -0.530. The molecule has 0 saturated carbocycles. The summed E-state index contributed by atoms with van der Waals surface area (Å²) >= 11 is 0. The number of hydrogen-bond acceptors (Lipinski definition) is 4. The van der Waals surface area contributed by atoms with E-state index >= 15 is 0 Å². The molecule has 1 aliphatic heterocycles. The summed E-state index contributed by atoms with van der Waals surface area (Å²) in [6, 6.07) is 14.9. The predicted octanol–water partition coefficient (Wildman–Crippen LogP) is 3.12. The van der Waals surface area contributed by atoms with E-state index in [0.717, 1.165) is 22.3 Å². The molecule has 1 aliphatic rings. The van der Waals surface area contributed by atoms with E-state index in [4.69, 9.17) is 4.74 Å². The molecule has 2 amide bonds. The lowest BCUT2D eigenvalue weighted by Gasteiger charge is -2.32. The third-order valence-electron chi connectivity index (χ3n) is 4.93. The van der Waals surface area contributed by atoms with Gasteiger partial charge in [-0.1, -0.05) is 48.5 Å². The van der Waals surface area contributed by atoms with E-state index in [9.17, 15) is 14.4 Å². The number of nitrogens with one attached hydrogen (secondary N) is 1. The van der Waals surface area contributed by atoms with Gasteiger partial charge in [0.05, 0.1) is 12.5 Å². The van der Waals surface area contributed by atoms with Gasteiger partial charge in [0.15, 0.2) is 6.61 Å². The largest absolute Gasteiger partial charge is 0.456 e. The Hall–Kier alpha value is -3.41. The first-order valence-corrected chi connectivity index (χ1v) is 9.48. The fourth-order valence-corrected chi connectivity index (χ4v) is 3.33. The molecule has 6 nitrogen and oxygen atoms in total. The van der Waals surface area contributed by atoms with Gasteiger partial charge in [0, 0.05) is 19.7 Å². The molecule has 150 valence electrons. The Morgan fingerprint density at radius 2 is 1.79 bits per heavy atom. The Morgan fingerprint density at radius 1 is 1.07 bits per heavy atom. The Kier molecular flexibility index (Phi) is 6.44. The summed E-state index contributed by atoms with van der Waals surface area (Å²) < 4.78 is 5.16. The molecule has 0 saturated heterocycles. The van der Waals surface area contributed by atoms with Crippen molar-refractivity contribution in [1.29, 1.82) is 0 Å². The third kappa shape index (κ3) is 5.10. The number of nitrogens with zero attached hydrogens (tertiary/aromatic N) is 1. The van der Waals surface area contributed by atoms with Crippen LogP contribution >= 0.6 is 0 Å². The summed E-state index contributed by atoms with van der Waals surface area (Å²) in [5.74, 6) is -1.06. The molecule has 0 spiro atoms. The number of hydrogen-bond donors (Lipinski definition) is 1. The molecule has 0 fully saturated rings. The number of amides is 2. The maximum absolute atomic E-state index is 12.4. The molecule has 0 unspecified atom stereocenters. The van der Waals surface area contributed by atoms with Gasteiger partial charge in [-0.3, -0.25) is 14.4 Å². The first kappa shape index (κ1) is 20.3. The number of fused-ring (bicyclic) bond motifs is 1. The van der Waals surface area contributed by atoms with Gasteiger partial charge in [0.1, 0.15) is 0 Å². The molecule has 1 atom stereocenters. The van der Waals surface area contributed by atoms with E-state index in [1.807, 2.05) is 61.5 Å². The van der Waals surface area contributed by atoms with E-state index in [0.29, 0.717) is 6.54 Å². The number of ether oxygens (including phenoxy) is 1. The number of benzene rings is 2. The molecular formula is C23H24N2O4. The van der Waals surface area contributed by atoms with Crippen LogP contribution in [0, 0.1) is 6.92 Å². The van der Waals surface area contributed by atoms with Gasteiger partial charge >= 0.3 is 5.97 Å². The van der Waals surface area contributed by atoms with Gasteiger partial charge in [-0.25, -0.2) is 0 Å². The van der Waals surface area contributed by atoms with Gasteiger partial charge in [0.25, 0.3) is 5.91 Å². The van der Waals surface area contributed by atoms with Crippen LogP contribution in [0.5, 0.6) is 0 Å². The Bertz CT molecular complexity index is 951. The van der Waals surface area contributed by atoms with Crippen molar-refractivity contribution >= 4 is 23.9 Å². The van der Waals surface area contributed by atoms with Crippen LogP contribution in [0.15, 0.2) is 54.7 Å². The molecule has 0 bridgehead atoms. The predicted molar refractivity (Wildman–Crippen MR) is 109 cm³/mol. The van der Waals surface area contributed by atoms with Crippen molar-refractivity contribution in [3.63, 3.8) is 0 Å². The zero-order chi connectivity index (χ0) is 20.8. The molecular weight excluding hydrogens is 368 g/mol. The van der Waals surface area contributed by atoms with Gasteiger partial charge in [-0.2, -0.15) is 0 Å². The molecule has 0 aliphatic carbocycles. The SMILES string of the molecule is CC(=O)N1C=Cc2ccccc2[C@H]1CC(=O)OCC(=O)NCc1ccccc1C. The smallest absolute Gasteiger partial charge is 0.308 e. The second-order valence-electron chi connectivity index (χ2n) is 6.95. The molecule has 29 heavy (non-hydrogen) atoms. The lowest BCUT2D eigenvalue weighted by Crippen LogP contribution is -2.33. The van der Waals surface area contributed by atoms with Crippen LogP contribution in [-0.2, 0) is 25.7 Å². The number of carbonyl (C=O) groups excluding carboxylic acids is 3. The topological polar surface area (TPSA) is 75.7 Å².